The number of hydrogen-bond donors (Lipinski definition) is 1. The van der Waals surface area contributed by atoms with Crippen LogP contribution in [0.1, 0.15) is 66.5 Å². The smallest absolute Gasteiger partial charge is 0.234 e. The lowest BCUT2D eigenvalue weighted by molar-refractivity contribution is -0.120. The van der Waals surface area contributed by atoms with E-state index in [4.69, 9.17) is 0 Å². The summed E-state index contributed by atoms with van der Waals surface area (Å²) >= 11 is 3.48. The highest BCUT2D eigenvalue weighted by Crippen LogP contribution is 2.38. The zero-order valence-corrected chi connectivity index (χ0v) is 22.7. The van der Waals surface area contributed by atoms with Crippen LogP contribution in [0.25, 0.3) is 0 Å². The van der Waals surface area contributed by atoms with Crippen LogP contribution in [0.4, 0.5) is 5.69 Å². The molecule has 0 bridgehead atoms. The van der Waals surface area contributed by atoms with Crippen molar-refractivity contribution in [1.29, 1.82) is 0 Å². The minimum Gasteiger partial charge on any atom is -0.508 e. The van der Waals surface area contributed by atoms with Gasteiger partial charge in [0.2, 0.25) is 5.91 Å². The van der Waals surface area contributed by atoms with Crippen molar-refractivity contribution in [3.8, 4) is 5.75 Å². The van der Waals surface area contributed by atoms with E-state index in [0.717, 1.165) is 57.4 Å². The van der Waals surface area contributed by atoms with E-state index in [-0.39, 0.29) is 17.6 Å². The quantitative estimate of drug-likeness (QED) is 0.278. The van der Waals surface area contributed by atoms with Crippen molar-refractivity contribution >= 4 is 27.5 Å². The summed E-state index contributed by atoms with van der Waals surface area (Å²) in [5.74, 6) is 0.298. The lowest BCUT2D eigenvalue weighted by atomic mass is 9.81. The molecule has 0 radical (unpaired) electrons. The van der Waals surface area contributed by atoms with Crippen LogP contribution in [-0.2, 0) is 24.3 Å². The highest BCUT2D eigenvalue weighted by Gasteiger charge is 2.32. The molecule has 0 spiro atoms. The molecule has 37 heavy (non-hydrogen) atoms. The van der Waals surface area contributed by atoms with Crippen LogP contribution in [0.5, 0.6) is 5.75 Å². The van der Waals surface area contributed by atoms with Gasteiger partial charge in [-0.05, 0) is 72.2 Å². The maximum atomic E-state index is 14.1. The van der Waals surface area contributed by atoms with Crippen LogP contribution >= 0.6 is 15.9 Å². The van der Waals surface area contributed by atoms with Gasteiger partial charge in [-0.1, -0.05) is 54.0 Å². The van der Waals surface area contributed by atoms with E-state index in [9.17, 15) is 9.90 Å². The van der Waals surface area contributed by atoms with Gasteiger partial charge in [-0.3, -0.25) is 14.5 Å². The van der Waals surface area contributed by atoms with Crippen molar-refractivity contribution in [2.24, 2.45) is 0 Å². The Bertz CT molecular complexity index is 1380. The van der Waals surface area contributed by atoms with E-state index in [0.29, 0.717) is 19.0 Å². The standard InChI is InChI=1S/C30H31BrN4O2/c1-20(2)28-14-13-24(16-32-28)35(30(37)27-7-3-6-26-25(27)5-4-8-29(26)36)19-22-15-33-34(18-22)17-21-9-11-23(31)12-10-21/h4-5,8-16,18,20,27,36H,3,6-7,17,19H2,1-2H3. The van der Waals surface area contributed by atoms with E-state index in [1.807, 2.05) is 58.4 Å². The fourth-order valence-corrected chi connectivity index (χ4v) is 5.27. The van der Waals surface area contributed by atoms with Crippen LogP contribution in [0.2, 0.25) is 0 Å². The van der Waals surface area contributed by atoms with Crippen LogP contribution in [0, 0.1) is 0 Å². The highest BCUT2D eigenvalue weighted by atomic mass is 79.9. The first-order chi connectivity index (χ1) is 17.9. The van der Waals surface area contributed by atoms with Crippen LogP contribution in [-0.4, -0.2) is 25.8 Å². The number of pyridine rings is 1. The number of nitrogens with zero attached hydrogens (tertiary/aromatic N) is 4. The second-order valence-electron chi connectivity index (χ2n) is 9.98. The Hall–Kier alpha value is -3.45. The van der Waals surface area contributed by atoms with Gasteiger partial charge >= 0.3 is 0 Å². The third-order valence-corrected chi connectivity index (χ3v) is 7.53. The third kappa shape index (κ3) is 5.62. The largest absolute Gasteiger partial charge is 0.508 e. The molecule has 1 unspecified atom stereocenters. The lowest BCUT2D eigenvalue weighted by Gasteiger charge is -2.31. The van der Waals surface area contributed by atoms with Gasteiger partial charge in [0.05, 0.1) is 37.1 Å². The van der Waals surface area contributed by atoms with Crippen molar-refractivity contribution < 1.29 is 9.90 Å². The van der Waals surface area contributed by atoms with Crippen molar-refractivity contribution in [3.63, 3.8) is 0 Å². The summed E-state index contributed by atoms with van der Waals surface area (Å²) in [6, 6.07) is 17.7. The number of phenols is 1. The number of carbonyl (C=O) groups excluding carboxylic acids is 1. The van der Waals surface area contributed by atoms with Gasteiger partial charge in [0, 0.05) is 21.9 Å². The minimum absolute atomic E-state index is 0.0197. The number of hydrogen-bond acceptors (Lipinski definition) is 4. The van der Waals surface area contributed by atoms with Gasteiger partial charge in [0.1, 0.15) is 5.75 Å². The first-order valence-electron chi connectivity index (χ1n) is 12.7. The van der Waals surface area contributed by atoms with Gasteiger partial charge in [0.25, 0.3) is 0 Å². The molecule has 2 aromatic carbocycles. The monoisotopic (exact) mass is 558 g/mol. The average Bonchev–Trinajstić information content (AvgIpc) is 3.35. The maximum Gasteiger partial charge on any atom is 0.234 e. The summed E-state index contributed by atoms with van der Waals surface area (Å²) in [5, 5.41) is 15.0. The topological polar surface area (TPSA) is 71.2 Å². The molecular weight excluding hydrogens is 528 g/mol. The zero-order valence-electron chi connectivity index (χ0n) is 21.1. The van der Waals surface area contributed by atoms with Crippen molar-refractivity contribution in [3.05, 3.63) is 106 Å². The zero-order chi connectivity index (χ0) is 25.9. The number of carbonyl (C=O) groups is 1. The summed E-state index contributed by atoms with van der Waals surface area (Å²) < 4.78 is 2.94. The number of halogens is 1. The van der Waals surface area contributed by atoms with Gasteiger partial charge in [-0.2, -0.15) is 5.10 Å². The summed E-state index contributed by atoms with van der Waals surface area (Å²) in [6.07, 6.45) is 8.04. The van der Waals surface area contributed by atoms with E-state index >= 15 is 0 Å². The molecule has 0 aliphatic heterocycles. The molecule has 0 saturated heterocycles. The van der Waals surface area contributed by atoms with E-state index in [1.165, 1.54) is 0 Å². The Balaban J connectivity index is 1.44. The molecule has 2 aromatic heterocycles. The summed E-state index contributed by atoms with van der Waals surface area (Å²) in [4.78, 5) is 20.6. The van der Waals surface area contributed by atoms with Crippen LogP contribution in [0.15, 0.2) is 77.7 Å². The number of amides is 1. The predicted octanol–water partition coefficient (Wildman–Crippen LogP) is 6.57. The Morgan fingerprint density at radius 2 is 1.92 bits per heavy atom. The van der Waals surface area contributed by atoms with Gasteiger partial charge in [0.15, 0.2) is 0 Å². The molecule has 0 saturated carbocycles. The molecule has 2 heterocycles. The van der Waals surface area contributed by atoms with Gasteiger partial charge in [-0.15, -0.1) is 0 Å². The molecule has 1 atom stereocenters. The Labute approximate surface area is 226 Å². The normalized spacial score (nSPS) is 15.0. The number of phenolic OH excluding ortho intramolecular Hbond substituents is 1. The molecule has 5 rings (SSSR count). The fraction of sp³-hybridized carbons (Fsp3) is 0.300. The minimum atomic E-state index is -0.307. The average molecular weight is 560 g/mol. The third-order valence-electron chi connectivity index (χ3n) is 7.01. The highest BCUT2D eigenvalue weighted by molar-refractivity contribution is 9.10. The molecule has 1 N–H and O–H groups in total. The lowest BCUT2D eigenvalue weighted by Crippen LogP contribution is -2.36. The molecule has 7 heteroatoms. The van der Waals surface area contributed by atoms with Crippen LogP contribution < -0.4 is 4.90 Å². The SMILES string of the molecule is CC(C)c1ccc(N(Cc2cnn(Cc3ccc(Br)cc3)c2)C(=O)C2CCCc3c(O)cccc32)cn1. The second kappa shape index (κ2) is 10.9. The number of anilines is 1. The molecular formula is C30H31BrN4O2. The maximum absolute atomic E-state index is 14.1. The number of fused-ring (bicyclic) bond motifs is 1. The van der Waals surface area contributed by atoms with Crippen molar-refractivity contribution in [1.82, 2.24) is 14.8 Å². The Morgan fingerprint density at radius 3 is 2.65 bits per heavy atom. The molecule has 190 valence electrons. The fourth-order valence-electron chi connectivity index (χ4n) is 5.00. The molecule has 6 nitrogen and oxygen atoms in total. The van der Waals surface area contributed by atoms with E-state index in [1.54, 1.807) is 12.3 Å². The van der Waals surface area contributed by atoms with Crippen molar-refractivity contribution in [2.45, 2.75) is 58.0 Å². The molecule has 4 aromatic rings. The summed E-state index contributed by atoms with van der Waals surface area (Å²) in [6.45, 7) is 5.26. The van der Waals surface area contributed by atoms with Gasteiger partial charge in [-0.25, -0.2) is 0 Å². The predicted molar refractivity (Wildman–Crippen MR) is 149 cm³/mol. The first-order valence-corrected chi connectivity index (χ1v) is 13.5. The number of benzene rings is 2. The second-order valence-corrected chi connectivity index (χ2v) is 10.9. The summed E-state index contributed by atoms with van der Waals surface area (Å²) in [7, 11) is 0. The number of rotatable bonds is 7. The Morgan fingerprint density at radius 1 is 1.11 bits per heavy atom. The van der Waals surface area contributed by atoms with Gasteiger partial charge < -0.3 is 10.0 Å². The number of aromatic hydroxyl groups is 1. The van der Waals surface area contributed by atoms with Crippen LogP contribution in [0.3, 0.4) is 0 Å². The van der Waals surface area contributed by atoms with Crippen molar-refractivity contribution in [2.75, 3.05) is 4.90 Å². The first kappa shape index (κ1) is 25.2. The molecule has 0 fully saturated rings. The van der Waals surface area contributed by atoms with E-state index in [2.05, 4.69) is 52.0 Å². The Kier molecular flexibility index (Phi) is 7.42. The molecule has 1 aliphatic carbocycles. The molecule has 1 amide bonds. The molecule has 1 aliphatic rings. The number of aromatic nitrogens is 3. The van der Waals surface area contributed by atoms with E-state index < -0.39 is 0 Å². The summed E-state index contributed by atoms with van der Waals surface area (Å²) in [5.41, 5.74) is 5.68.